The third-order valence-corrected chi connectivity index (χ3v) is 2.85. The zero-order valence-corrected chi connectivity index (χ0v) is 12.8. The SMILES string of the molecule is COC(=O)c1cnc(C(F)(F)F)cc1Oc1ccc(OC(F)(F)F)cc1. The van der Waals surface area contributed by atoms with Gasteiger partial charge in [0.1, 0.15) is 28.5 Å². The molecular weight excluding hydrogens is 372 g/mol. The highest BCUT2D eigenvalue weighted by molar-refractivity contribution is 5.92. The van der Waals surface area contributed by atoms with Crippen LogP contribution >= 0.6 is 0 Å². The summed E-state index contributed by atoms with van der Waals surface area (Å²) in [6.07, 6.45) is -9.06. The highest BCUT2D eigenvalue weighted by Gasteiger charge is 2.34. The molecule has 1 aromatic carbocycles. The zero-order valence-electron chi connectivity index (χ0n) is 12.8. The zero-order chi connectivity index (χ0) is 19.5. The number of benzene rings is 1. The van der Waals surface area contributed by atoms with Gasteiger partial charge in [-0.2, -0.15) is 13.2 Å². The van der Waals surface area contributed by atoms with Crippen molar-refractivity contribution < 1.29 is 45.3 Å². The second-order valence-corrected chi connectivity index (χ2v) is 4.68. The Morgan fingerprint density at radius 1 is 1.00 bits per heavy atom. The molecule has 0 radical (unpaired) electrons. The van der Waals surface area contributed by atoms with Gasteiger partial charge in [0.05, 0.1) is 7.11 Å². The number of rotatable bonds is 4. The van der Waals surface area contributed by atoms with Crippen LogP contribution in [0.25, 0.3) is 0 Å². The van der Waals surface area contributed by atoms with Crippen LogP contribution in [0.1, 0.15) is 16.1 Å². The molecule has 2 rings (SSSR count). The summed E-state index contributed by atoms with van der Waals surface area (Å²) in [6, 6.07) is 4.32. The van der Waals surface area contributed by atoms with E-state index in [1.54, 1.807) is 0 Å². The molecule has 26 heavy (non-hydrogen) atoms. The van der Waals surface area contributed by atoms with Crippen molar-refractivity contribution in [2.75, 3.05) is 7.11 Å². The molecule has 0 N–H and O–H groups in total. The number of hydrogen-bond acceptors (Lipinski definition) is 5. The van der Waals surface area contributed by atoms with E-state index in [4.69, 9.17) is 4.74 Å². The van der Waals surface area contributed by atoms with E-state index < -0.39 is 41.3 Å². The van der Waals surface area contributed by atoms with E-state index >= 15 is 0 Å². The Morgan fingerprint density at radius 3 is 2.08 bits per heavy atom. The quantitative estimate of drug-likeness (QED) is 0.573. The van der Waals surface area contributed by atoms with Crippen LogP contribution in [0.5, 0.6) is 17.2 Å². The minimum Gasteiger partial charge on any atom is -0.465 e. The van der Waals surface area contributed by atoms with Crippen molar-refractivity contribution in [3.63, 3.8) is 0 Å². The predicted molar refractivity (Wildman–Crippen MR) is 73.8 cm³/mol. The van der Waals surface area contributed by atoms with E-state index in [2.05, 4.69) is 14.5 Å². The number of nitrogens with zero attached hydrogens (tertiary/aromatic N) is 1. The van der Waals surface area contributed by atoms with Gasteiger partial charge in [0.15, 0.2) is 0 Å². The molecule has 0 fully saturated rings. The Bertz CT molecular complexity index is 786. The van der Waals surface area contributed by atoms with Crippen LogP contribution in [0.3, 0.4) is 0 Å². The molecule has 1 aromatic heterocycles. The van der Waals surface area contributed by atoms with Gasteiger partial charge < -0.3 is 14.2 Å². The number of methoxy groups -OCH3 is 1. The molecule has 2 aromatic rings. The van der Waals surface area contributed by atoms with Gasteiger partial charge in [-0.1, -0.05) is 0 Å². The number of hydrogen-bond donors (Lipinski definition) is 0. The van der Waals surface area contributed by atoms with Gasteiger partial charge in [-0.3, -0.25) is 4.98 Å². The molecule has 0 aliphatic carbocycles. The number of ether oxygens (including phenoxy) is 3. The number of carbonyl (C=O) groups is 1. The Hall–Kier alpha value is -2.98. The second-order valence-electron chi connectivity index (χ2n) is 4.68. The van der Waals surface area contributed by atoms with E-state index in [0.717, 1.165) is 31.4 Å². The standard InChI is InChI=1S/C15H9F6NO4/c1-24-13(23)10-7-22-12(14(16,17)18)6-11(10)25-8-2-4-9(5-3-8)26-15(19,20)21/h2-7H,1H3. The number of aromatic nitrogens is 1. The Labute approximate surface area is 142 Å². The van der Waals surface area contributed by atoms with E-state index in [0.29, 0.717) is 12.3 Å². The van der Waals surface area contributed by atoms with Crippen LogP contribution in [0.15, 0.2) is 36.5 Å². The van der Waals surface area contributed by atoms with E-state index in [-0.39, 0.29) is 5.75 Å². The van der Waals surface area contributed by atoms with Crippen LogP contribution < -0.4 is 9.47 Å². The third kappa shape index (κ3) is 5.01. The summed E-state index contributed by atoms with van der Waals surface area (Å²) in [7, 11) is 1.01. The van der Waals surface area contributed by atoms with E-state index in [1.807, 2.05) is 0 Å². The maximum absolute atomic E-state index is 12.8. The minimum atomic E-state index is -4.90. The lowest BCUT2D eigenvalue weighted by Gasteiger charge is -2.13. The van der Waals surface area contributed by atoms with Crippen molar-refractivity contribution >= 4 is 5.97 Å². The third-order valence-electron chi connectivity index (χ3n) is 2.85. The fourth-order valence-electron chi connectivity index (χ4n) is 1.78. The first-order valence-electron chi connectivity index (χ1n) is 6.69. The second kappa shape index (κ2) is 7.10. The smallest absolute Gasteiger partial charge is 0.465 e. The minimum absolute atomic E-state index is 0.135. The van der Waals surface area contributed by atoms with Crippen LogP contribution in [-0.4, -0.2) is 24.4 Å². The lowest BCUT2D eigenvalue weighted by molar-refractivity contribution is -0.274. The first-order chi connectivity index (χ1) is 12.0. The molecule has 0 aliphatic heterocycles. The van der Waals surface area contributed by atoms with Crippen LogP contribution in [-0.2, 0) is 10.9 Å². The monoisotopic (exact) mass is 381 g/mol. The summed E-state index contributed by atoms with van der Waals surface area (Å²) in [6.45, 7) is 0. The maximum atomic E-state index is 12.8. The number of esters is 1. The summed E-state index contributed by atoms with van der Waals surface area (Å²) in [4.78, 5) is 14.8. The first-order valence-corrected chi connectivity index (χ1v) is 6.69. The summed E-state index contributed by atoms with van der Waals surface area (Å²) in [5, 5.41) is 0. The van der Waals surface area contributed by atoms with Crippen molar-refractivity contribution in [3.8, 4) is 17.2 Å². The van der Waals surface area contributed by atoms with E-state index in [1.165, 1.54) is 0 Å². The molecule has 0 amide bonds. The Morgan fingerprint density at radius 2 is 1.58 bits per heavy atom. The van der Waals surface area contributed by atoms with Gasteiger partial charge >= 0.3 is 18.5 Å². The molecule has 0 saturated carbocycles. The molecule has 0 saturated heterocycles. The van der Waals surface area contributed by atoms with Crippen LogP contribution in [0, 0.1) is 0 Å². The van der Waals surface area contributed by atoms with Crippen molar-refractivity contribution in [1.29, 1.82) is 0 Å². The molecule has 140 valence electrons. The molecule has 1 heterocycles. The van der Waals surface area contributed by atoms with E-state index in [9.17, 15) is 31.1 Å². The number of carbonyl (C=O) groups excluding carboxylic acids is 1. The number of halogens is 6. The van der Waals surface area contributed by atoms with Crippen LogP contribution in [0.4, 0.5) is 26.3 Å². The molecule has 0 aliphatic rings. The Kier molecular flexibility index (Phi) is 5.28. The van der Waals surface area contributed by atoms with Gasteiger partial charge in [-0.15, -0.1) is 13.2 Å². The summed E-state index contributed by atoms with van der Waals surface area (Å²) >= 11 is 0. The van der Waals surface area contributed by atoms with Gasteiger partial charge in [0.25, 0.3) is 0 Å². The molecule has 11 heteroatoms. The maximum Gasteiger partial charge on any atom is 0.573 e. The fraction of sp³-hybridized carbons (Fsp3) is 0.200. The predicted octanol–water partition coefficient (Wildman–Crippen LogP) is 4.58. The molecule has 0 unspecified atom stereocenters. The first kappa shape index (κ1) is 19.3. The number of alkyl halides is 6. The largest absolute Gasteiger partial charge is 0.573 e. The van der Waals surface area contributed by atoms with Gasteiger partial charge in [0, 0.05) is 12.3 Å². The van der Waals surface area contributed by atoms with Gasteiger partial charge in [0.2, 0.25) is 0 Å². The topological polar surface area (TPSA) is 57.7 Å². The van der Waals surface area contributed by atoms with Crippen LogP contribution in [0.2, 0.25) is 0 Å². The van der Waals surface area contributed by atoms with Gasteiger partial charge in [-0.05, 0) is 24.3 Å². The average molecular weight is 381 g/mol. The molecule has 0 spiro atoms. The summed E-state index contributed by atoms with van der Waals surface area (Å²) in [5.41, 5.74) is -1.71. The fourth-order valence-corrected chi connectivity index (χ4v) is 1.78. The summed E-state index contributed by atoms with van der Waals surface area (Å²) < 4.78 is 87.9. The molecular formula is C15H9F6NO4. The summed E-state index contributed by atoms with van der Waals surface area (Å²) in [5.74, 6) is -2.21. The van der Waals surface area contributed by atoms with Gasteiger partial charge in [-0.25, -0.2) is 4.79 Å². The lowest BCUT2D eigenvalue weighted by Crippen LogP contribution is -2.16. The van der Waals surface area contributed by atoms with Crippen molar-refractivity contribution in [3.05, 3.63) is 47.8 Å². The van der Waals surface area contributed by atoms with Crippen molar-refractivity contribution in [2.24, 2.45) is 0 Å². The molecule has 0 bridgehead atoms. The van der Waals surface area contributed by atoms with Crippen molar-refractivity contribution in [1.82, 2.24) is 4.98 Å². The highest BCUT2D eigenvalue weighted by Crippen LogP contribution is 2.34. The molecule has 0 atom stereocenters. The van der Waals surface area contributed by atoms with Crippen molar-refractivity contribution in [2.45, 2.75) is 12.5 Å². The molecule has 5 nitrogen and oxygen atoms in total. The lowest BCUT2D eigenvalue weighted by atomic mass is 10.2. The average Bonchev–Trinajstić information content (AvgIpc) is 2.53. The number of pyridine rings is 1. The highest BCUT2D eigenvalue weighted by atomic mass is 19.4. The Balaban J connectivity index is 2.33. The normalized spacial score (nSPS) is 11.8.